The van der Waals surface area contributed by atoms with E-state index in [0.29, 0.717) is 15.8 Å². The van der Waals surface area contributed by atoms with E-state index >= 15 is 0 Å². The van der Waals surface area contributed by atoms with Gasteiger partial charge in [-0.25, -0.2) is 4.79 Å². The van der Waals surface area contributed by atoms with Crippen LogP contribution in [0.2, 0.25) is 0 Å². The molecule has 0 atom stereocenters. The number of benzene rings is 3. The quantitative estimate of drug-likeness (QED) is 0.416. The molecular formula is C24H18BrNO6S. The molecule has 1 heterocycles. The lowest BCUT2D eigenvalue weighted by Gasteiger charge is -2.14. The summed E-state index contributed by atoms with van der Waals surface area (Å²) >= 11 is 4.22. The van der Waals surface area contributed by atoms with E-state index in [0.717, 1.165) is 28.1 Å². The Bertz CT molecular complexity index is 1300. The third-order valence-electron chi connectivity index (χ3n) is 4.97. The Labute approximate surface area is 202 Å². The molecule has 0 radical (unpaired) electrons. The topological polar surface area (TPSA) is 93.1 Å². The lowest BCUT2D eigenvalue weighted by Crippen LogP contribution is -2.27. The monoisotopic (exact) mass is 527 g/mol. The molecule has 168 valence electrons. The number of carboxylic acids is 1. The van der Waals surface area contributed by atoms with Crippen molar-refractivity contribution in [1.29, 1.82) is 0 Å². The number of thioether (sulfide) groups is 1. The van der Waals surface area contributed by atoms with Gasteiger partial charge in [0.2, 0.25) is 0 Å². The van der Waals surface area contributed by atoms with E-state index in [2.05, 4.69) is 15.9 Å². The minimum absolute atomic E-state index is 0.179. The number of amides is 2. The Hall–Kier alpha value is -3.30. The van der Waals surface area contributed by atoms with E-state index in [1.165, 1.54) is 12.0 Å². The molecule has 1 saturated heterocycles. The molecule has 0 bridgehead atoms. The fourth-order valence-electron chi connectivity index (χ4n) is 3.49. The van der Waals surface area contributed by atoms with Gasteiger partial charge in [0.05, 0.1) is 23.0 Å². The number of carbonyl (C=O) groups is 3. The van der Waals surface area contributed by atoms with Crippen LogP contribution in [-0.4, -0.2) is 40.8 Å². The number of nitrogens with zero attached hydrogens (tertiary/aromatic N) is 1. The van der Waals surface area contributed by atoms with Crippen molar-refractivity contribution in [3.05, 3.63) is 75.1 Å². The van der Waals surface area contributed by atoms with Crippen LogP contribution >= 0.6 is 27.7 Å². The van der Waals surface area contributed by atoms with Crippen LogP contribution < -0.4 is 9.47 Å². The Balaban J connectivity index is 1.60. The second kappa shape index (κ2) is 9.68. The second-order valence-electron chi connectivity index (χ2n) is 7.12. The van der Waals surface area contributed by atoms with Gasteiger partial charge in [-0.2, -0.15) is 0 Å². The molecule has 0 unspecified atom stereocenters. The number of aliphatic carboxylic acids is 1. The summed E-state index contributed by atoms with van der Waals surface area (Å²) in [6.07, 6.45) is 1.60. The van der Waals surface area contributed by atoms with Crippen molar-refractivity contribution in [2.24, 2.45) is 0 Å². The molecule has 1 aliphatic heterocycles. The van der Waals surface area contributed by atoms with Gasteiger partial charge in [0.15, 0.2) is 18.1 Å². The molecule has 1 fully saturated rings. The molecule has 2 amide bonds. The third-order valence-corrected chi connectivity index (χ3v) is 6.47. The zero-order valence-electron chi connectivity index (χ0n) is 17.4. The summed E-state index contributed by atoms with van der Waals surface area (Å²) in [5, 5.41) is 10.5. The first-order valence-corrected chi connectivity index (χ1v) is 11.4. The zero-order valence-corrected chi connectivity index (χ0v) is 19.8. The largest absolute Gasteiger partial charge is 0.493 e. The first kappa shape index (κ1) is 22.9. The number of carbonyl (C=O) groups excluding carboxylic acids is 2. The number of hydrogen-bond donors (Lipinski definition) is 1. The van der Waals surface area contributed by atoms with E-state index in [1.807, 2.05) is 42.5 Å². The third kappa shape index (κ3) is 4.89. The van der Waals surface area contributed by atoms with E-state index < -0.39 is 12.6 Å². The predicted molar refractivity (Wildman–Crippen MR) is 129 cm³/mol. The van der Waals surface area contributed by atoms with Crippen LogP contribution in [0.1, 0.15) is 11.1 Å². The maximum Gasteiger partial charge on any atom is 0.341 e. The number of halogens is 1. The highest BCUT2D eigenvalue weighted by atomic mass is 79.9. The van der Waals surface area contributed by atoms with Crippen LogP contribution in [0.4, 0.5) is 4.79 Å². The highest BCUT2D eigenvalue weighted by molar-refractivity contribution is 9.10. The number of fused-ring (bicyclic) bond motifs is 1. The van der Waals surface area contributed by atoms with Gasteiger partial charge >= 0.3 is 5.97 Å². The van der Waals surface area contributed by atoms with Crippen LogP contribution in [0.3, 0.4) is 0 Å². The summed E-state index contributed by atoms with van der Waals surface area (Å²) in [6.45, 7) is -0.348. The van der Waals surface area contributed by atoms with Crippen molar-refractivity contribution in [3.8, 4) is 11.5 Å². The van der Waals surface area contributed by atoms with Crippen molar-refractivity contribution in [1.82, 2.24) is 4.90 Å². The molecular weight excluding hydrogens is 510 g/mol. The van der Waals surface area contributed by atoms with E-state index in [9.17, 15) is 14.4 Å². The van der Waals surface area contributed by atoms with Crippen LogP contribution in [-0.2, 0) is 16.1 Å². The van der Waals surface area contributed by atoms with Crippen molar-refractivity contribution in [2.75, 3.05) is 13.7 Å². The molecule has 0 spiro atoms. The molecule has 0 saturated carbocycles. The number of carboxylic acid groups (broad SMARTS) is 1. The molecule has 3 aromatic carbocycles. The molecule has 3 aromatic rings. The maximum atomic E-state index is 13.0. The molecule has 4 rings (SSSR count). The van der Waals surface area contributed by atoms with Crippen molar-refractivity contribution in [3.63, 3.8) is 0 Å². The molecule has 7 nitrogen and oxygen atoms in total. The van der Waals surface area contributed by atoms with Gasteiger partial charge < -0.3 is 14.6 Å². The Morgan fingerprint density at radius 2 is 1.91 bits per heavy atom. The Morgan fingerprint density at radius 3 is 2.67 bits per heavy atom. The molecule has 0 aliphatic carbocycles. The minimum Gasteiger partial charge on any atom is -0.493 e. The first-order chi connectivity index (χ1) is 15.9. The summed E-state index contributed by atoms with van der Waals surface area (Å²) in [7, 11) is 1.43. The fraction of sp³-hybridized carbons (Fsp3) is 0.125. The van der Waals surface area contributed by atoms with Crippen molar-refractivity contribution >= 4 is 61.7 Å². The van der Waals surface area contributed by atoms with E-state index in [4.69, 9.17) is 14.6 Å². The summed E-state index contributed by atoms with van der Waals surface area (Å²) in [4.78, 5) is 38.0. The standard InChI is InChI=1S/C24H18BrNO6S/c1-31-19-10-14(9-18(25)22(19)32-13-21(27)28)11-20-23(29)26(24(30)33-20)12-16-7-4-6-15-5-2-3-8-17(15)16/h2-11H,12-13H2,1H3,(H,27,28)/b20-11+. The van der Waals surface area contributed by atoms with Crippen molar-refractivity contribution < 1.29 is 29.0 Å². The molecule has 9 heteroatoms. The SMILES string of the molecule is COc1cc(/C=C2/SC(=O)N(Cc3cccc4ccccc34)C2=O)cc(Br)c1OCC(=O)O. The molecule has 0 aromatic heterocycles. The second-order valence-corrected chi connectivity index (χ2v) is 8.97. The Kier molecular flexibility index (Phi) is 6.71. The van der Waals surface area contributed by atoms with Gasteiger partial charge in [0, 0.05) is 0 Å². The van der Waals surface area contributed by atoms with Crippen LogP contribution in [0.25, 0.3) is 16.8 Å². The van der Waals surface area contributed by atoms with Gasteiger partial charge in [-0.3, -0.25) is 14.5 Å². The van der Waals surface area contributed by atoms with Crippen molar-refractivity contribution in [2.45, 2.75) is 6.54 Å². The average Bonchev–Trinajstić information content (AvgIpc) is 3.05. The summed E-state index contributed by atoms with van der Waals surface area (Å²) in [5.74, 6) is -0.958. The molecule has 1 aliphatic rings. The van der Waals surface area contributed by atoms with Gasteiger partial charge in [0.25, 0.3) is 11.1 Å². The lowest BCUT2D eigenvalue weighted by molar-refractivity contribution is -0.139. The molecule has 33 heavy (non-hydrogen) atoms. The number of ether oxygens (including phenoxy) is 2. The summed E-state index contributed by atoms with van der Waals surface area (Å²) in [5.41, 5.74) is 1.48. The number of methoxy groups -OCH3 is 1. The highest BCUT2D eigenvalue weighted by Gasteiger charge is 2.35. The first-order valence-electron chi connectivity index (χ1n) is 9.81. The Morgan fingerprint density at radius 1 is 1.15 bits per heavy atom. The van der Waals surface area contributed by atoms with Crippen LogP contribution in [0.15, 0.2) is 64.0 Å². The predicted octanol–water partition coefficient (Wildman–Crippen LogP) is 5.31. The average molecular weight is 528 g/mol. The summed E-state index contributed by atoms with van der Waals surface area (Å²) < 4.78 is 11.0. The number of imide groups is 1. The summed E-state index contributed by atoms with van der Waals surface area (Å²) in [6, 6.07) is 16.9. The fourth-order valence-corrected chi connectivity index (χ4v) is 4.90. The van der Waals surface area contributed by atoms with Crippen LogP contribution in [0.5, 0.6) is 11.5 Å². The van der Waals surface area contributed by atoms with Crippen LogP contribution in [0, 0.1) is 0 Å². The van der Waals surface area contributed by atoms with Gasteiger partial charge in [-0.1, -0.05) is 42.5 Å². The normalized spacial score (nSPS) is 14.8. The highest BCUT2D eigenvalue weighted by Crippen LogP contribution is 2.39. The van der Waals surface area contributed by atoms with E-state index in [1.54, 1.807) is 18.2 Å². The van der Waals surface area contributed by atoms with Gasteiger partial charge in [0.1, 0.15) is 0 Å². The van der Waals surface area contributed by atoms with Gasteiger partial charge in [-0.15, -0.1) is 0 Å². The van der Waals surface area contributed by atoms with Gasteiger partial charge in [-0.05, 0) is 67.8 Å². The lowest BCUT2D eigenvalue weighted by atomic mass is 10.0. The number of hydrogen-bond acceptors (Lipinski definition) is 6. The maximum absolute atomic E-state index is 13.0. The van der Waals surface area contributed by atoms with E-state index in [-0.39, 0.29) is 28.3 Å². The smallest absolute Gasteiger partial charge is 0.341 e. The minimum atomic E-state index is -1.12. The molecule has 1 N–H and O–H groups in total. The zero-order chi connectivity index (χ0) is 23.5. The number of rotatable bonds is 7.